The Hall–Kier alpha value is -2.21. The maximum absolute atomic E-state index is 4.76. The fourth-order valence-corrected chi connectivity index (χ4v) is 3.93. The number of anilines is 2. The molecule has 0 amide bonds. The Labute approximate surface area is 146 Å². The van der Waals surface area contributed by atoms with Gasteiger partial charge in [0.1, 0.15) is 5.82 Å². The minimum Gasteiger partial charge on any atom is -0.367 e. The van der Waals surface area contributed by atoms with Crippen molar-refractivity contribution in [1.82, 2.24) is 14.3 Å². The number of hydrogen-bond acceptors (Lipinski definition) is 6. The second-order valence-corrected chi connectivity index (χ2v) is 6.83. The summed E-state index contributed by atoms with van der Waals surface area (Å²) in [7, 11) is 0. The standard InChI is InChI=1S/C18H21N5S/c1-3-14-12-17(15-6-4-5-7-16(15)20-14)22-8-10-23(11-9-22)18-19-13(2)21-24-18/h4-7,12H,3,8-11H2,1-2H3. The van der Waals surface area contributed by atoms with Gasteiger partial charge in [-0.2, -0.15) is 4.37 Å². The molecule has 0 N–H and O–H groups in total. The first-order valence-corrected chi connectivity index (χ1v) is 9.21. The molecule has 0 bridgehead atoms. The molecule has 0 radical (unpaired) electrons. The summed E-state index contributed by atoms with van der Waals surface area (Å²) in [5.74, 6) is 0.866. The second kappa shape index (κ2) is 6.36. The number of piperazine rings is 1. The predicted octanol–water partition coefficient (Wildman–Crippen LogP) is 3.28. The van der Waals surface area contributed by atoms with E-state index in [0.717, 1.165) is 54.8 Å². The number of aryl methyl sites for hydroxylation is 2. The summed E-state index contributed by atoms with van der Waals surface area (Å²) in [6.07, 6.45) is 0.960. The first-order chi connectivity index (χ1) is 11.7. The Bertz CT molecular complexity index is 851. The summed E-state index contributed by atoms with van der Waals surface area (Å²) in [6.45, 7) is 8.06. The van der Waals surface area contributed by atoms with Gasteiger partial charge in [-0.25, -0.2) is 4.98 Å². The van der Waals surface area contributed by atoms with Gasteiger partial charge < -0.3 is 9.80 Å². The summed E-state index contributed by atoms with van der Waals surface area (Å²) in [5, 5.41) is 2.29. The lowest BCUT2D eigenvalue weighted by molar-refractivity contribution is 0.652. The van der Waals surface area contributed by atoms with Crippen molar-refractivity contribution in [3.8, 4) is 0 Å². The number of benzene rings is 1. The molecule has 124 valence electrons. The Morgan fingerprint density at radius 2 is 1.79 bits per heavy atom. The van der Waals surface area contributed by atoms with Crippen LogP contribution in [0.3, 0.4) is 0 Å². The smallest absolute Gasteiger partial charge is 0.205 e. The second-order valence-electron chi connectivity index (χ2n) is 6.10. The summed E-state index contributed by atoms with van der Waals surface area (Å²) in [6, 6.07) is 10.7. The first kappa shape index (κ1) is 15.3. The maximum atomic E-state index is 4.76. The number of nitrogens with zero attached hydrogens (tertiary/aromatic N) is 5. The Balaban J connectivity index is 1.60. The van der Waals surface area contributed by atoms with Crippen LogP contribution in [0.25, 0.3) is 10.9 Å². The van der Waals surface area contributed by atoms with Crippen LogP contribution in [0.1, 0.15) is 18.4 Å². The van der Waals surface area contributed by atoms with Crippen LogP contribution >= 0.6 is 11.5 Å². The van der Waals surface area contributed by atoms with Crippen molar-refractivity contribution in [2.24, 2.45) is 0 Å². The molecular weight excluding hydrogens is 318 g/mol. The van der Waals surface area contributed by atoms with Gasteiger partial charge in [-0.15, -0.1) is 0 Å². The van der Waals surface area contributed by atoms with Crippen LogP contribution in [0.2, 0.25) is 0 Å². The van der Waals surface area contributed by atoms with Crippen molar-refractivity contribution < 1.29 is 0 Å². The van der Waals surface area contributed by atoms with Gasteiger partial charge in [0.25, 0.3) is 0 Å². The van der Waals surface area contributed by atoms with Crippen molar-refractivity contribution >= 4 is 33.3 Å². The molecule has 1 aliphatic rings. The van der Waals surface area contributed by atoms with Gasteiger partial charge in [0.05, 0.1) is 5.52 Å². The SMILES string of the molecule is CCc1cc(N2CCN(c3nc(C)ns3)CC2)c2ccccc2n1. The fourth-order valence-electron chi connectivity index (χ4n) is 3.21. The van der Waals surface area contributed by atoms with Crippen LogP contribution in [0, 0.1) is 6.92 Å². The van der Waals surface area contributed by atoms with Gasteiger partial charge in [0.2, 0.25) is 5.13 Å². The highest BCUT2D eigenvalue weighted by molar-refractivity contribution is 7.09. The van der Waals surface area contributed by atoms with E-state index < -0.39 is 0 Å². The van der Waals surface area contributed by atoms with Gasteiger partial charge in [-0.05, 0) is 25.5 Å². The number of para-hydroxylation sites is 1. The molecule has 1 aromatic carbocycles. The number of fused-ring (bicyclic) bond motifs is 1. The van der Waals surface area contributed by atoms with E-state index in [9.17, 15) is 0 Å². The van der Waals surface area contributed by atoms with Gasteiger partial charge in [-0.1, -0.05) is 25.1 Å². The van der Waals surface area contributed by atoms with Crippen LogP contribution in [-0.4, -0.2) is 40.5 Å². The van der Waals surface area contributed by atoms with Crippen LogP contribution in [0.4, 0.5) is 10.8 Å². The highest BCUT2D eigenvalue weighted by Gasteiger charge is 2.21. The van der Waals surface area contributed by atoms with Gasteiger partial charge in [0, 0.05) is 54.5 Å². The highest BCUT2D eigenvalue weighted by atomic mass is 32.1. The third kappa shape index (κ3) is 2.82. The van der Waals surface area contributed by atoms with Crippen LogP contribution in [0.5, 0.6) is 0 Å². The van der Waals surface area contributed by atoms with E-state index in [4.69, 9.17) is 4.98 Å². The fraction of sp³-hybridized carbons (Fsp3) is 0.389. The van der Waals surface area contributed by atoms with E-state index in [1.807, 2.05) is 6.92 Å². The molecule has 0 saturated carbocycles. The van der Waals surface area contributed by atoms with Crippen LogP contribution in [0.15, 0.2) is 30.3 Å². The minimum absolute atomic E-state index is 0.866. The van der Waals surface area contributed by atoms with E-state index in [0.29, 0.717) is 0 Å². The Kier molecular flexibility index (Phi) is 4.06. The molecule has 0 aliphatic carbocycles. The molecule has 3 heterocycles. The van der Waals surface area contributed by atoms with Crippen molar-refractivity contribution in [3.63, 3.8) is 0 Å². The number of aromatic nitrogens is 3. The number of pyridine rings is 1. The lowest BCUT2D eigenvalue weighted by Gasteiger charge is -2.36. The molecule has 2 aromatic heterocycles. The molecule has 1 fully saturated rings. The third-order valence-electron chi connectivity index (χ3n) is 4.52. The zero-order valence-electron chi connectivity index (χ0n) is 14.1. The van der Waals surface area contributed by atoms with E-state index in [2.05, 4.69) is 56.4 Å². The van der Waals surface area contributed by atoms with Gasteiger partial charge in [0.15, 0.2) is 0 Å². The first-order valence-electron chi connectivity index (χ1n) is 8.43. The largest absolute Gasteiger partial charge is 0.367 e. The lowest BCUT2D eigenvalue weighted by Crippen LogP contribution is -2.46. The summed E-state index contributed by atoms with van der Waals surface area (Å²) >= 11 is 1.50. The topological polar surface area (TPSA) is 45.2 Å². The highest BCUT2D eigenvalue weighted by Crippen LogP contribution is 2.29. The van der Waals surface area contributed by atoms with Crippen LogP contribution < -0.4 is 9.80 Å². The molecule has 0 unspecified atom stereocenters. The van der Waals surface area contributed by atoms with E-state index >= 15 is 0 Å². The van der Waals surface area contributed by atoms with E-state index in [1.165, 1.54) is 22.6 Å². The third-order valence-corrected chi connectivity index (χ3v) is 5.39. The van der Waals surface area contributed by atoms with Gasteiger partial charge in [-0.3, -0.25) is 4.98 Å². The lowest BCUT2D eigenvalue weighted by atomic mass is 10.1. The Morgan fingerprint density at radius 3 is 2.50 bits per heavy atom. The molecule has 3 aromatic rings. The van der Waals surface area contributed by atoms with Crippen molar-refractivity contribution in [3.05, 3.63) is 41.9 Å². The molecule has 1 saturated heterocycles. The maximum Gasteiger partial charge on any atom is 0.205 e. The molecule has 4 rings (SSSR count). The molecule has 5 nitrogen and oxygen atoms in total. The quantitative estimate of drug-likeness (QED) is 0.733. The van der Waals surface area contributed by atoms with Crippen LogP contribution in [-0.2, 0) is 6.42 Å². The van der Waals surface area contributed by atoms with E-state index in [1.54, 1.807) is 0 Å². The number of rotatable bonds is 3. The zero-order valence-corrected chi connectivity index (χ0v) is 14.9. The van der Waals surface area contributed by atoms with Crippen molar-refractivity contribution in [2.45, 2.75) is 20.3 Å². The van der Waals surface area contributed by atoms with E-state index in [-0.39, 0.29) is 0 Å². The molecule has 24 heavy (non-hydrogen) atoms. The van der Waals surface area contributed by atoms with Crippen molar-refractivity contribution in [1.29, 1.82) is 0 Å². The normalized spacial score (nSPS) is 15.2. The minimum atomic E-state index is 0.866. The van der Waals surface area contributed by atoms with Crippen molar-refractivity contribution in [2.75, 3.05) is 36.0 Å². The molecule has 6 heteroatoms. The summed E-state index contributed by atoms with van der Waals surface area (Å²) in [5.41, 5.74) is 3.56. The number of hydrogen-bond donors (Lipinski definition) is 0. The zero-order chi connectivity index (χ0) is 16.5. The summed E-state index contributed by atoms with van der Waals surface area (Å²) < 4.78 is 4.30. The molecule has 0 spiro atoms. The molecular formula is C18H21N5S. The Morgan fingerprint density at radius 1 is 1.04 bits per heavy atom. The average molecular weight is 339 g/mol. The molecule has 0 atom stereocenters. The van der Waals surface area contributed by atoms with Gasteiger partial charge >= 0.3 is 0 Å². The summed E-state index contributed by atoms with van der Waals surface area (Å²) in [4.78, 5) is 14.1. The monoisotopic (exact) mass is 339 g/mol. The average Bonchev–Trinajstić information content (AvgIpc) is 3.07. The predicted molar refractivity (Wildman–Crippen MR) is 100 cm³/mol. The molecule has 1 aliphatic heterocycles.